The van der Waals surface area contributed by atoms with Crippen LogP contribution in [0, 0.1) is 5.92 Å². The number of esters is 1. The SMILES string of the molecule is CCOC(=O)c1c(NC(=O)CN2C(=O)c3ccccc3C2=O)sc2c1CC[C@H](C)C2. The van der Waals surface area contributed by atoms with Crippen LogP contribution in [-0.4, -0.2) is 41.7 Å². The third kappa shape index (κ3) is 3.52. The highest BCUT2D eigenvalue weighted by Crippen LogP contribution is 2.40. The average molecular weight is 426 g/mol. The number of carbonyl (C=O) groups is 4. The lowest BCUT2D eigenvalue weighted by Gasteiger charge is -2.18. The number of anilines is 1. The zero-order chi connectivity index (χ0) is 21.4. The van der Waals surface area contributed by atoms with Crippen molar-refractivity contribution in [2.45, 2.75) is 33.1 Å². The molecule has 0 fully saturated rings. The van der Waals surface area contributed by atoms with E-state index in [1.54, 1.807) is 31.2 Å². The van der Waals surface area contributed by atoms with Gasteiger partial charge in [-0.25, -0.2) is 4.79 Å². The Balaban J connectivity index is 1.56. The van der Waals surface area contributed by atoms with Crippen LogP contribution in [0.3, 0.4) is 0 Å². The van der Waals surface area contributed by atoms with Crippen LogP contribution in [0.2, 0.25) is 0 Å². The molecular formula is C22H22N2O5S. The van der Waals surface area contributed by atoms with Crippen molar-refractivity contribution < 1.29 is 23.9 Å². The molecule has 1 aliphatic heterocycles. The van der Waals surface area contributed by atoms with E-state index >= 15 is 0 Å². The molecule has 30 heavy (non-hydrogen) atoms. The number of carbonyl (C=O) groups excluding carboxylic acids is 4. The van der Waals surface area contributed by atoms with Gasteiger partial charge in [0.15, 0.2) is 0 Å². The number of fused-ring (bicyclic) bond motifs is 2. The molecule has 4 rings (SSSR count). The van der Waals surface area contributed by atoms with E-state index in [9.17, 15) is 19.2 Å². The Bertz CT molecular complexity index is 1020. The zero-order valence-corrected chi connectivity index (χ0v) is 17.6. The molecule has 2 aromatic rings. The lowest BCUT2D eigenvalue weighted by atomic mass is 9.88. The van der Waals surface area contributed by atoms with E-state index in [1.165, 1.54) is 11.3 Å². The molecule has 7 nitrogen and oxygen atoms in total. The van der Waals surface area contributed by atoms with E-state index < -0.39 is 30.2 Å². The number of nitrogens with one attached hydrogen (secondary N) is 1. The van der Waals surface area contributed by atoms with Crippen LogP contribution in [-0.2, 0) is 22.4 Å². The van der Waals surface area contributed by atoms with Gasteiger partial charge in [-0.2, -0.15) is 0 Å². The minimum absolute atomic E-state index is 0.238. The van der Waals surface area contributed by atoms with Gasteiger partial charge in [-0.15, -0.1) is 11.3 Å². The molecule has 2 heterocycles. The maximum atomic E-state index is 12.7. The highest BCUT2D eigenvalue weighted by atomic mass is 32.1. The van der Waals surface area contributed by atoms with Gasteiger partial charge in [0.1, 0.15) is 11.5 Å². The number of amides is 3. The van der Waals surface area contributed by atoms with Crippen molar-refractivity contribution in [2.75, 3.05) is 18.5 Å². The number of thiophene rings is 1. The lowest BCUT2D eigenvalue weighted by Crippen LogP contribution is -2.37. The molecule has 1 atom stereocenters. The number of nitrogens with zero attached hydrogens (tertiary/aromatic N) is 1. The topological polar surface area (TPSA) is 92.8 Å². The lowest BCUT2D eigenvalue weighted by molar-refractivity contribution is -0.116. The van der Waals surface area contributed by atoms with Crippen LogP contribution in [0.15, 0.2) is 24.3 Å². The fourth-order valence-corrected chi connectivity index (χ4v) is 5.37. The van der Waals surface area contributed by atoms with Crippen molar-refractivity contribution in [3.05, 3.63) is 51.4 Å². The van der Waals surface area contributed by atoms with Crippen molar-refractivity contribution >= 4 is 40.0 Å². The summed E-state index contributed by atoms with van der Waals surface area (Å²) in [5.41, 5.74) is 1.93. The smallest absolute Gasteiger partial charge is 0.341 e. The molecule has 0 saturated carbocycles. The maximum absolute atomic E-state index is 12.7. The largest absolute Gasteiger partial charge is 0.462 e. The third-order valence-electron chi connectivity index (χ3n) is 5.42. The number of rotatable bonds is 5. The fraction of sp³-hybridized carbons (Fsp3) is 0.364. The minimum atomic E-state index is -0.526. The first-order chi connectivity index (χ1) is 14.4. The van der Waals surface area contributed by atoms with Crippen molar-refractivity contribution in [3.8, 4) is 0 Å². The molecule has 156 valence electrons. The number of benzene rings is 1. The number of hydrogen-bond acceptors (Lipinski definition) is 6. The summed E-state index contributed by atoms with van der Waals surface area (Å²) in [4.78, 5) is 52.3. The maximum Gasteiger partial charge on any atom is 0.341 e. The Morgan fingerprint density at radius 1 is 1.20 bits per heavy atom. The number of imide groups is 1. The van der Waals surface area contributed by atoms with Gasteiger partial charge in [0, 0.05) is 4.88 Å². The summed E-state index contributed by atoms with van der Waals surface area (Å²) in [6.07, 6.45) is 2.58. The first-order valence-electron chi connectivity index (χ1n) is 9.97. The van der Waals surface area contributed by atoms with Gasteiger partial charge < -0.3 is 10.1 Å². The Hall–Kier alpha value is -3.00. The molecule has 1 N–H and O–H groups in total. The first kappa shape index (κ1) is 20.3. The molecule has 0 bridgehead atoms. The highest BCUT2D eigenvalue weighted by Gasteiger charge is 2.37. The molecule has 1 aromatic carbocycles. The Morgan fingerprint density at radius 3 is 2.50 bits per heavy atom. The predicted molar refractivity (Wildman–Crippen MR) is 112 cm³/mol. The van der Waals surface area contributed by atoms with E-state index in [2.05, 4.69) is 12.2 Å². The van der Waals surface area contributed by atoms with Crippen molar-refractivity contribution in [1.82, 2.24) is 4.90 Å². The van der Waals surface area contributed by atoms with Gasteiger partial charge in [0.05, 0.1) is 23.3 Å². The van der Waals surface area contributed by atoms with Crippen LogP contribution in [0.4, 0.5) is 5.00 Å². The van der Waals surface area contributed by atoms with Gasteiger partial charge in [-0.05, 0) is 49.8 Å². The molecule has 0 unspecified atom stereocenters. The van der Waals surface area contributed by atoms with Crippen LogP contribution in [0.5, 0.6) is 0 Å². The summed E-state index contributed by atoms with van der Waals surface area (Å²) in [5, 5.41) is 3.17. The predicted octanol–water partition coefficient (Wildman–Crippen LogP) is 3.28. The van der Waals surface area contributed by atoms with Crippen molar-refractivity contribution in [1.29, 1.82) is 0 Å². The molecule has 1 aromatic heterocycles. The van der Waals surface area contributed by atoms with Crippen molar-refractivity contribution in [2.24, 2.45) is 5.92 Å². The Labute approximate surface area is 178 Å². The molecule has 1 aliphatic carbocycles. The summed E-state index contributed by atoms with van der Waals surface area (Å²) in [7, 11) is 0. The molecule has 8 heteroatoms. The second kappa shape index (κ2) is 8.02. The summed E-state index contributed by atoms with van der Waals surface area (Å²) >= 11 is 1.37. The zero-order valence-electron chi connectivity index (χ0n) is 16.8. The van der Waals surface area contributed by atoms with Gasteiger partial charge in [0.25, 0.3) is 11.8 Å². The van der Waals surface area contributed by atoms with E-state index in [4.69, 9.17) is 4.74 Å². The third-order valence-corrected chi connectivity index (χ3v) is 6.59. The molecule has 2 aliphatic rings. The summed E-state index contributed by atoms with van der Waals surface area (Å²) in [5.74, 6) is -1.46. The molecular weight excluding hydrogens is 404 g/mol. The average Bonchev–Trinajstić information content (AvgIpc) is 3.18. The van der Waals surface area contributed by atoms with E-state index in [1.807, 2.05) is 0 Å². The monoisotopic (exact) mass is 426 g/mol. The highest BCUT2D eigenvalue weighted by molar-refractivity contribution is 7.17. The van der Waals surface area contributed by atoms with Gasteiger partial charge in [0.2, 0.25) is 5.91 Å². The minimum Gasteiger partial charge on any atom is -0.462 e. The molecule has 0 radical (unpaired) electrons. The number of ether oxygens (including phenoxy) is 1. The van der Waals surface area contributed by atoms with Crippen LogP contribution >= 0.6 is 11.3 Å². The first-order valence-corrected chi connectivity index (χ1v) is 10.8. The van der Waals surface area contributed by atoms with Crippen molar-refractivity contribution in [3.63, 3.8) is 0 Å². The van der Waals surface area contributed by atoms with Crippen LogP contribution < -0.4 is 5.32 Å². The van der Waals surface area contributed by atoms with E-state index in [0.29, 0.717) is 27.6 Å². The van der Waals surface area contributed by atoms with Gasteiger partial charge >= 0.3 is 5.97 Å². The molecule has 0 saturated heterocycles. The van der Waals surface area contributed by atoms with Crippen LogP contribution in [0.25, 0.3) is 0 Å². The van der Waals surface area contributed by atoms with Gasteiger partial charge in [-0.1, -0.05) is 19.1 Å². The van der Waals surface area contributed by atoms with E-state index in [0.717, 1.165) is 34.6 Å². The summed E-state index contributed by atoms with van der Waals surface area (Å²) < 4.78 is 5.21. The second-order valence-electron chi connectivity index (χ2n) is 7.57. The normalized spacial score (nSPS) is 17.5. The molecule has 3 amide bonds. The Kier molecular flexibility index (Phi) is 5.42. The standard InChI is InChI=1S/C22H22N2O5S/c1-3-29-22(28)18-15-9-8-12(2)10-16(15)30-19(18)23-17(25)11-24-20(26)13-6-4-5-7-14(13)21(24)27/h4-7,12H,3,8-11H2,1-2H3,(H,23,25)/t12-/m0/s1. The Morgan fingerprint density at radius 2 is 1.87 bits per heavy atom. The van der Waals surface area contributed by atoms with E-state index in [-0.39, 0.29) is 6.61 Å². The molecule has 0 spiro atoms. The summed E-state index contributed by atoms with van der Waals surface area (Å²) in [6, 6.07) is 6.49. The van der Waals surface area contributed by atoms with Gasteiger partial charge in [-0.3, -0.25) is 19.3 Å². The number of hydrogen-bond donors (Lipinski definition) is 1. The summed E-state index contributed by atoms with van der Waals surface area (Å²) in [6.45, 7) is 3.72. The second-order valence-corrected chi connectivity index (χ2v) is 8.67. The fourth-order valence-electron chi connectivity index (χ4n) is 3.95. The van der Waals surface area contributed by atoms with Crippen LogP contribution in [0.1, 0.15) is 61.8 Å². The quantitative estimate of drug-likeness (QED) is 0.585.